The first-order valence-electron chi connectivity index (χ1n) is 3.59. The molecule has 1 rings (SSSR count). The van der Waals surface area contributed by atoms with Gasteiger partial charge in [-0.15, -0.1) is 0 Å². The van der Waals surface area contributed by atoms with Gasteiger partial charge in [0, 0.05) is 6.07 Å². The highest BCUT2D eigenvalue weighted by atomic mass is 19.4. The number of primary amides is 1. The Morgan fingerprint density at radius 1 is 1.13 bits per heavy atom. The summed E-state index contributed by atoms with van der Waals surface area (Å²) >= 11 is 0. The molecule has 15 heavy (non-hydrogen) atoms. The zero-order valence-corrected chi connectivity index (χ0v) is 7.03. The van der Waals surface area contributed by atoms with Crippen molar-refractivity contribution in [3.05, 3.63) is 34.9 Å². The van der Waals surface area contributed by atoms with Gasteiger partial charge < -0.3 is 5.73 Å². The van der Waals surface area contributed by atoms with Gasteiger partial charge in [-0.25, -0.2) is 8.78 Å². The van der Waals surface area contributed by atoms with Gasteiger partial charge in [0.1, 0.15) is 11.6 Å². The summed E-state index contributed by atoms with van der Waals surface area (Å²) in [6.07, 6.45) is -5.00. The lowest BCUT2D eigenvalue weighted by atomic mass is 10.1. The van der Waals surface area contributed by atoms with E-state index in [1.165, 1.54) is 0 Å². The van der Waals surface area contributed by atoms with Crippen molar-refractivity contribution in [3.8, 4) is 0 Å². The van der Waals surface area contributed by atoms with Crippen molar-refractivity contribution in [1.29, 1.82) is 0 Å². The quantitative estimate of drug-likeness (QED) is 0.730. The van der Waals surface area contributed by atoms with E-state index in [1.807, 2.05) is 0 Å². The van der Waals surface area contributed by atoms with E-state index in [-0.39, 0.29) is 12.1 Å². The highest BCUT2D eigenvalue weighted by Gasteiger charge is 2.35. The summed E-state index contributed by atoms with van der Waals surface area (Å²) < 4.78 is 61.8. The Balaban J connectivity index is 3.43. The number of amides is 1. The van der Waals surface area contributed by atoms with E-state index in [2.05, 4.69) is 5.73 Å². The Bertz CT molecular complexity index is 412. The van der Waals surface area contributed by atoms with Gasteiger partial charge in [-0.1, -0.05) is 0 Å². The van der Waals surface area contributed by atoms with E-state index < -0.39 is 34.8 Å². The Hall–Kier alpha value is -1.66. The second-order valence-corrected chi connectivity index (χ2v) is 2.67. The summed E-state index contributed by atoms with van der Waals surface area (Å²) in [6.45, 7) is 0. The van der Waals surface area contributed by atoms with E-state index in [4.69, 9.17) is 0 Å². The van der Waals surface area contributed by atoms with Crippen LogP contribution in [0.2, 0.25) is 0 Å². The molecule has 82 valence electrons. The van der Waals surface area contributed by atoms with Crippen LogP contribution >= 0.6 is 0 Å². The maximum absolute atomic E-state index is 12.8. The number of nitrogens with two attached hydrogens (primary N) is 1. The van der Waals surface area contributed by atoms with E-state index in [1.54, 1.807) is 0 Å². The number of alkyl halides is 3. The van der Waals surface area contributed by atoms with Crippen LogP contribution in [0.1, 0.15) is 15.9 Å². The second-order valence-electron chi connectivity index (χ2n) is 2.67. The van der Waals surface area contributed by atoms with Crippen LogP contribution in [0, 0.1) is 11.6 Å². The molecule has 0 aromatic heterocycles. The Labute approximate surface area is 80.5 Å². The smallest absolute Gasteiger partial charge is 0.366 e. The van der Waals surface area contributed by atoms with Crippen LogP contribution in [0.25, 0.3) is 0 Å². The van der Waals surface area contributed by atoms with Gasteiger partial charge in [0.25, 0.3) is 5.91 Å². The van der Waals surface area contributed by atoms with E-state index in [0.717, 1.165) is 0 Å². The van der Waals surface area contributed by atoms with Crippen molar-refractivity contribution in [1.82, 2.24) is 0 Å². The first kappa shape index (κ1) is 11.4. The van der Waals surface area contributed by atoms with E-state index in [9.17, 15) is 26.7 Å². The predicted octanol–water partition coefficient (Wildman–Crippen LogP) is 2.08. The van der Waals surface area contributed by atoms with E-state index in [0.29, 0.717) is 0 Å². The zero-order chi connectivity index (χ0) is 11.8. The van der Waals surface area contributed by atoms with Gasteiger partial charge in [0.2, 0.25) is 0 Å². The van der Waals surface area contributed by atoms with Crippen molar-refractivity contribution in [2.24, 2.45) is 5.73 Å². The van der Waals surface area contributed by atoms with Gasteiger partial charge in [-0.3, -0.25) is 4.79 Å². The molecule has 0 aliphatic carbocycles. The fourth-order valence-electron chi connectivity index (χ4n) is 0.955. The summed E-state index contributed by atoms with van der Waals surface area (Å²) in [4.78, 5) is 10.5. The summed E-state index contributed by atoms with van der Waals surface area (Å²) in [7, 11) is 0. The van der Waals surface area contributed by atoms with Crippen LogP contribution in [0.3, 0.4) is 0 Å². The molecule has 1 amide bonds. The molecule has 0 atom stereocenters. The van der Waals surface area contributed by atoms with Gasteiger partial charge in [-0.2, -0.15) is 13.2 Å². The van der Waals surface area contributed by atoms with Crippen LogP contribution in [-0.4, -0.2) is 5.91 Å². The fraction of sp³-hybridized carbons (Fsp3) is 0.125. The third kappa shape index (κ3) is 2.23. The molecule has 0 aliphatic rings. The normalized spacial score (nSPS) is 11.5. The fourth-order valence-corrected chi connectivity index (χ4v) is 0.955. The molecule has 0 unspecified atom stereocenters. The maximum Gasteiger partial charge on any atom is 0.419 e. The third-order valence-electron chi connectivity index (χ3n) is 1.63. The van der Waals surface area contributed by atoms with Crippen LogP contribution in [0.5, 0.6) is 0 Å². The molecule has 0 spiro atoms. The summed E-state index contributed by atoms with van der Waals surface area (Å²) in [5, 5.41) is 0. The molecular formula is C8H4F5NO. The monoisotopic (exact) mass is 225 g/mol. The van der Waals surface area contributed by atoms with Crippen molar-refractivity contribution in [3.63, 3.8) is 0 Å². The summed E-state index contributed by atoms with van der Waals surface area (Å²) in [6, 6.07) is 0.0237. The second kappa shape index (κ2) is 3.48. The molecule has 0 heterocycles. The molecule has 7 heteroatoms. The predicted molar refractivity (Wildman–Crippen MR) is 39.9 cm³/mol. The van der Waals surface area contributed by atoms with Gasteiger partial charge in [0.05, 0.1) is 11.1 Å². The molecule has 0 bridgehead atoms. The lowest BCUT2D eigenvalue weighted by Crippen LogP contribution is -2.17. The van der Waals surface area contributed by atoms with Gasteiger partial charge in [0.15, 0.2) is 0 Å². The first-order chi connectivity index (χ1) is 6.73. The van der Waals surface area contributed by atoms with Crippen LogP contribution in [-0.2, 0) is 6.18 Å². The van der Waals surface area contributed by atoms with Gasteiger partial charge in [-0.05, 0) is 6.07 Å². The number of carbonyl (C=O) groups is 1. The molecule has 0 radical (unpaired) electrons. The summed E-state index contributed by atoms with van der Waals surface area (Å²) in [5.74, 6) is -4.60. The molecule has 1 aromatic rings. The minimum absolute atomic E-state index is 0.0249. The number of carbonyl (C=O) groups excluding carboxylic acids is 1. The molecule has 0 saturated heterocycles. The minimum Gasteiger partial charge on any atom is -0.366 e. The Kier molecular flexibility index (Phi) is 2.65. The number of halogens is 5. The maximum atomic E-state index is 12.8. The summed E-state index contributed by atoms with van der Waals surface area (Å²) in [5.41, 5.74) is 1.89. The average molecular weight is 225 g/mol. The Morgan fingerprint density at radius 2 is 1.67 bits per heavy atom. The standard InChI is InChI=1S/C8H4F5NO/c9-5-2-6(10)4(8(11,12)13)1-3(5)7(14)15/h1-2H,(H2,14,15). The first-order valence-corrected chi connectivity index (χ1v) is 3.59. The molecule has 0 fully saturated rings. The van der Waals surface area contributed by atoms with E-state index >= 15 is 0 Å². The van der Waals surface area contributed by atoms with Crippen molar-refractivity contribution >= 4 is 5.91 Å². The minimum atomic E-state index is -5.00. The zero-order valence-electron chi connectivity index (χ0n) is 7.03. The highest BCUT2D eigenvalue weighted by molar-refractivity contribution is 5.93. The molecule has 1 aromatic carbocycles. The number of hydrogen-bond acceptors (Lipinski definition) is 1. The number of rotatable bonds is 1. The topological polar surface area (TPSA) is 43.1 Å². The van der Waals surface area contributed by atoms with Crippen molar-refractivity contribution in [2.45, 2.75) is 6.18 Å². The SMILES string of the molecule is NC(=O)c1cc(C(F)(F)F)c(F)cc1F. The number of benzene rings is 1. The Morgan fingerprint density at radius 3 is 2.07 bits per heavy atom. The number of hydrogen-bond donors (Lipinski definition) is 1. The molecule has 2 N–H and O–H groups in total. The lowest BCUT2D eigenvalue weighted by molar-refractivity contribution is -0.140. The van der Waals surface area contributed by atoms with Crippen LogP contribution in [0.4, 0.5) is 22.0 Å². The molecular weight excluding hydrogens is 221 g/mol. The molecule has 0 aliphatic heterocycles. The molecule has 2 nitrogen and oxygen atoms in total. The van der Waals surface area contributed by atoms with Crippen molar-refractivity contribution in [2.75, 3.05) is 0 Å². The highest BCUT2D eigenvalue weighted by Crippen LogP contribution is 2.32. The van der Waals surface area contributed by atoms with Gasteiger partial charge >= 0.3 is 6.18 Å². The largest absolute Gasteiger partial charge is 0.419 e. The van der Waals surface area contributed by atoms with Crippen LogP contribution < -0.4 is 5.73 Å². The van der Waals surface area contributed by atoms with Crippen LogP contribution in [0.15, 0.2) is 12.1 Å². The lowest BCUT2D eigenvalue weighted by Gasteiger charge is -2.09. The average Bonchev–Trinajstić information content (AvgIpc) is 2.00. The third-order valence-corrected chi connectivity index (χ3v) is 1.63. The molecule has 0 saturated carbocycles. The van der Waals surface area contributed by atoms with Crippen molar-refractivity contribution < 1.29 is 26.7 Å².